The van der Waals surface area contributed by atoms with Gasteiger partial charge < -0.3 is 4.74 Å². The number of anilines is 1. The number of amides is 2. The lowest BCUT2D eigenvalue weighted by Gasteiger charge is -2.23. The molecular formula is C19H19BrN2O3. The van der Waals surface area contributed by atoms with Crippen LogP contribution in [0.25, 0.3) is 0 Å². The minimum absolute atomic E-state index is 0.171. The Kier molecular flexibility index (Phi) is 5.20. The summed E-state index contributed by atoms with van der Waals surface area (Å²) in [7, 11) is 3.39. The summed E-state index contributed by atoms with van der Waals surface area (Å²) in [5.41, 5.74) is 1.58. The quantitative estimate of drug-likeness (QED) is 0.720. The second-order valence-corrected chi connectivity index (χ2v) is 6.92. The van der Waals surface area contributed by atoms with Crippen LogP contribution in [0, 0.1) is 0 Å². The zero-order valence-corrected chi connectivity index (χ0v) is 15.7. The van der Waals surface area contributed by atoms with Gasteiger partial charge in [0.15, 0.2) is 0 Å². The molecule has 0 radical (unpaired) electrons. The minimum Gasteiger partial charge on any atom is -0.495 e. The summed E-state index contributed by atoms with van der Waals surface area (Å²) in [4.78, 5) is 28.5. The third-order valence-corrected chi connectivity index (χ3v) is 4.85. The molecule has 1 aliphatic rings. The van der Waals surface area contributed by atoms with Gasteiger partial charge >= 0.3 is 0 Å². The Bertz CT molecular complexity index is 792. The molecule has 1 saturated heterocycles. The number of rotatable bonds is 5. The molecule has 1 heterocycles. The third kappa shape index (κ3) is 3.60. The van der Waals surface area contributed by atoms with Crippen LogP contribution >= 0.6 is 15.9 Å². The number of hydrogen-bond donors (Lipinski definition) is 0. The van der Waals surface area contributed by atoms with Crippen LogP contribution in [0.3, 0.4) is 0 Å². The molecule has 0 N–H and O–H groups in total. The highest BCUT2D eigenvalue weighted by molar-refractivity contribution is 9.10. The lowest BCUT2D eigenvalue weighted by atomic mass is 10.1. The standard InChI is InChI=1S/C19H19BrN2O3/c1-21(12-13-7-9-14(20)10-8-13)16-11-18(23)22(19(16)24)15-5-3-4-6-17(15)25-2/h3-10,16H,11-12H2,1-2H3/t16-/m1/s1. The number of benzene rings is 2. The summed E-state index contributed by atoms with van der Waals surface area (Å²) >= 11 is 3.41. The highest BCUT2D eigenvalue weighted by atomic mass is 79.9. The van der Waals surface area contributed by atoms with Crippen molar-refractivity contribution in [1.29, 1.82) is 0 Å². The molecule has 1 atom stereocenters. The maximum atomic E-state index is 12.9. The van der Waals surface area contributed by atoms with Crippen LogP contribution in [0.5, 0.6) is 5.75 Å². The highest BCUT2D eigenvalue weighted by Crippen LogP contribution is 2.33. The Balaban J connectivity index is 1.79. The van der Waals surface area contributed by atoms with E-state index >= 15 is 0 Å². The van der Waals surface area contributed by atoms with E-state index in [2.05, 4.69) is 15.9 Å². The Morgan fingerprint density at radius 1 is 1.16 bits per heavy atom. The largest absolute Gasteiger partial charge is 0.495 e. The van der Waals surface area contributed by atoms with Gasteiger partial charge in [0.1, 0.15) is 5.75 Å². The van der Waals surface area contributed by atoms with Gasteiger partial charge in [0, 0.05) is 11.0 Å². The molecule has 0 aliphatic carbocycles. The molecule has 2 aromatic rings. The average Bonchev–Trinajstić information content (AvgIpc) is 2.91. The van der Waals surface area contributed by atoms with Gasteiger partial charge in [-0.05, 0) is 36.9 Å². The van der Waals surface area contributed by atoms with E-state index in [0.717, 1.165) is 10.0 Å². The van der Waals surface area contributed by atoms with Gasteiger partial charge in [0.2, 0.25) is 5.91 Å². The maximum absolute atomic E-state index is 12.9. The molecule has 0 aromatic heterocycles. The molecule has 2 amide bonds. The molecule has 6 heteroatoms. The molecule has 0 unspecified atom stereocenters. The van der Waals surface area contributed by atoms with Crippen LogP contribution in [0.4, 0.5) is 5.69 Å². The Morgan fingerprint density at radius 3 is 2.52 bits per heavy atom. The van der Waals surface area contributed by atoms with Gasteiger partial charge in [-0.15, -0.1) is 0 Å². The van der Waals surface area contributed by atoms with Crippen molar-refractivity contribution in [2.45, 2.75) is 19.0 Å². The first-order valence-electron chi connectivity index (χ1n) is 7.95. The fraction of sp³-hybridized carbons (Fsp3) is 0.263. The number of carbonyl (C=O) groups excluding carboxylic acids is 2. The van der Waals surface area contributed by atoms with Crippen LogP contribution in [-0.4, -0.2) is 36.9 Å². The van der Waals surface area contributed by atoms with Crippen LogP contribution in [0.15, 0.2) is 53.0 Å². The van der Waals surface area contributed by atoms with Crippen LogP contribution in [-0.2, 0) is 16.1 Å². The molecule has 1 fully saturated rings. The fourth-order valence-electron chi connectivity index (χ4n) is 3.02. The summed E-state index contributed by atoms with van der Waals surface area (Å²) < 4.78 is 6.30. The number of hydrogen-bond acceptors (Lipinski definition) is 4. The molecule has 0 bridgehead atoms. The lowest BCUT2D eigenvalue weighted by Crippen LogP contribution is -2.39. The van der Waals surface area contributed by atoms with E-state index in [9.17, 15) is 9.59 Å². The molecule has 130 valence electrons. The molecule has 5 nitrogen and oxygen atoms in total. The number of carbonyl (C=O) groups is 2. The van der Waals surface area contributed by atoms with E-state index < -0.39 is 6.04 Å². The van der Waals surface area contributed by atoms with Crippen molar-refractivity contribution < 1.29 is 14.3 Å². The molecule has 25 heavy (non-hydrogen) atoms. The molecule has 0 saturated carbocycles. The fourth-order valence-corrected chi connectivity index (χ4v) is 3.28. The Morgan fingerprint density at radius 2 is 1.84 bits per heavy atom. The summed E-state index contributed by atoms with van der Waals surface area (Å²) in [6.07, 6.45) is 0.171. The first-order chi connectivity index (χ1) is 12.0. The highest BCUT2D eigenvalue weighted by Gasteiger charge is 2.42. The van der Waals surface area contributed by atoms with Crippen LogP contribution in [0.1, 0.15) is 12.0 Å². The number of likely N-dealkylation sites (N-methyl/N-ethyl adjacent to an activating group) is 1. The first-order valence-corrected chi connectivity index (χ1v) is 8.75. The zero-order valence-electron chi connectivity index (χ0n) is 14.1. The molecule has 2 aromatic carbocycles. The van der Waals surface area contributed by atoms with Gasteiger partial charge in [0.05, 0.1) is 25.3 Å². The second kappa shape index (κ2) is 7.37. The molecule has 1 aliphatic heterocycles. The van der Waals surface area contributed by atoms with Gasteiger partial charge in [-0.3, -0.25) is 14.5 Å². The van der Waals surface area contributed by atoms with Crippen LogP contribution < -0.4 is 9.64 Å². The minimum atomic E-state index is -0.471. The van der Waals surface area contributed by atoms with Gasteiger partial charge in [-0.1, -0.05) is 40.2 Å². The van der Waals surface area contributed by atoms with E-state index in [1.165, 1.54) is 12.0 Å². The third-order valence-electron chi connectivity index (χ3n) is 4.33. The molecule has 0 spiro atoms. The Hall–Kier alpha value is -2.18. The van der Waals surface area contributed by atoms with Crippen molar-refractivity contribution in [2.24, 2.45) is 0 Å². The van der Waals surface area contributed by atoms with Gasteiger partial charge in [-0.2, -0.15) is 0 Å². The van der Waals surface area contributed by atoms with Crippen molar-refractivity contribution >= 4 is 33.4 Å². The SMILES string of the molecule is COc1ccccc1N1C(=O)C[C@@H](N(C)Cc2ccc(Br)cc2)C1=O. The van der Waals surface area contributed by atoms with Gasteiger partial charge in [-0.25, -0.2) is 4.90 Å². The number of ether oxygens (including phenoxy) is 1. The van der Waals surface area contributed by atoms with Crippen molar-refractivity contribution in [3.63, 3.8) is 0 Å². The van der Waals surface area contributed by atoms with Crippen LogP contribution in [0.2, 0.25) is 0 Å². The Labute approximate surface area is 155 Å². The lowest BCUT2D eigenvalue weighted by molar-refractivity contribution is -0.122. The van der Waals surface area contributed by atoms with Crippen molar-refractivity contribution in [2.75, 3.05) is 19.1 Å². The molecular weight excluding hydrogens is 384 g/mol. The monoisotopic (exact) mass is 402 g/mol. The van der Waals surface area contributed by atoms with E-state index in [-0.39, 0.29) is 18.2 Å². The van der Waals surface area contributed by atoms with E-state index in [4.69, 9.17) is 4.74 Å². The van der Waals surface area contributed by atoms with E-state index in [1.54, 1.807) is 18.2 Å². The molecule has 3 rings (SSSR count). The second-order valence-electron chi connectivity index (χ2n) is 6.00. The summed E-state index contributed by atoms with van der Waals surface area (Å²) in [6.45, 7) is 0.594. The normalized spacial score (nSPS) is 17.4. The van der Waals surface area contributed by atoms with Crippen molar-refractivity contribution in [3.05, 3.63) is 58.6 Å². The maximum Gasteiger partial charge on any atom is 0.251 e. The number of para-hydroxylation sites is 2. The topological polar surface area (TPSA) is 49.9 Å². The average molecular weight is 403 g/mol. The smallest absolute Gasteiger partial charge is 0.251 e. The number of methoxy groups -OCH3 is 1. The van der Waals surface area contributed by atoms with Crippen molar-refractivity contribution in [3.8, 4) is 5.75 Å². The first kappa shape index (κ1) is 17.6. The number of halogens is 1. The van der Waals surface area contributed by atoms with E-state index in [1.807, 2.05) is 42.3 Å². The number of nitrogens with zero attached hydrogens (tertiary/aromatic N) is 2. The van der Waals surface area contributed by atoms with Crippen molar-refractivity contribution in [1.82, 2.24) is 4.90 Å². The summed E-state index contributed by atoms with van der Waals surface area (Å²) in [5, 5.41) is 0. The predicted molar refractivity (Wildman–Crippen MR) is 99.5 cm³/mol. The zero-order chi connectivity index (χ0) is 18.0. The van der Waals surface area contributed by atoms with E-state index in [0.29, 0.717) is 18.0 Å². The summed E-state index contributed by atoms with van der Waals surface area (Å²) in [6, 6.07) is 14.5. The summed E-state index contributed by atoms with van der Waals surface area (Å²) in [5.74, 6) is 0.0941. The number of imide groups is 1. The van der Waals surface area contributed by atoms with Gasteiger partial charge in [0.25, 0.3) is 5.91 Å². The predicted octanol–water partition coefficient (Wildman–Crippen LogP) is 3.22.